The molecule has 4 rings (SSSR count). The van der Waals surface area contributed by atoms with Crippen molar-refractivity contribution < 1.29 is 57.1 Å². The molecule has 2 aromatic rings. The molecule has 2 aliphatic rings. The average Bonchev–Trinajstić information content (AvgIpc) is 3.67. The van der Waals surface area contributed by atoms with E-state index in [2.05, 4.69) is 13.2 Å². The third-order valence-corrected chi connectivity index (χ3v) is 7.10. The van der Waals surface area contributed by atoms with Crippen LogP contribution in [-0.4, -0.2) is 87.9 Å². The predicted molar refractivity (Wildman–Crippen MR) is 163 cm³/mol. The molecular formula is C34H38O12. The summed E-state index contributed by atoms with van der Waals surface area (Å²) in [6, 6.07) is 13.1. The number of benzene rings is 2. The second-order valence-electron chi connectivity index (χ2n) is 10.4. The summed E-state index contributed by atoms with van der Waals surface area (Å²) in [5, 5.41) is 0. The van der Waals surface area contributed by atoms with E-state index in [-0.39, 0.29) is 13.2 Å². The Hall–Kier alpha value is -4.68. The van der Waals surface area contributed by atoms with Crippen LogP contribution < -0.4 is 9.47 Å². The first-order valence-electron chi connectivity index (χ1n) is 15.1. The number of esters is 4. The van der Waals surface area contributed by atoms with Gasteiger partial charge in [-0.2, -0.15) is 0 Å². The number of ether oxygens (including phenoxy) is 8. The Balaban J connectivity index is 1.15. The van der Waals surface area contributed by atoms with Gasteiger partial charge < -0.3 is 37.9 Å². The van der Waals surface area contributed by atoms with Crippen molar-refractivity contribution >= 4 is 23.9 Å². The molecule has 46 heavy (non-hydrogen) atoms. The molecule has 246 valence electrons. The summed E-state index contributed by atoms with van der Waals surface area (Å²) < 4.78 is 44.1. The predicted octanol–water partition coefficient (Wildman–Crippen LogP) is 4.01. The SMILES string of the molecule is C=CC(=O)OCCCCOc1ccc(C(=O)OC2CO[C@H]3[C@H](OC(=O)c4ccc(OCCCCOC(=O)C=C)cc4)CO[C@@H]23)cc1. The molecule has 2 aliphatic heterocycles. The molecule has 12 nitrogen and oxygen atoms in total. The highest BCUT2D eigenvalue weighted by atomic mass is 16.7. The fraction of sp³-hybridized carbons (Fsp3) is 0.412. The molecule has 2 fully saturated rings. The molecule has 0 saturated carbocycles. The molecule has 0 bridgehead atoms. The van der Waals surface area contributed by atoms with Gasteiger partial charge in [-0.25, -0.2) is 19.2 Å². The number of rotatable bonds is 18. The molecule has 2 heterocycles. The van der Waals surface area contributed by atoms with E-state index in [4.69, 9.17) is 37.9 Å². The molecule has 0 spiro atoms. The smallest absolute Gasteiger partial charge is 0.338 e. The minimum atomic E-state index is -0.655. The van der Waals surface area contributed by atoms with E-state index in [0.29, 0.717) is 74.7 Å². The highest BCUT2D eigenvalue weighted by Crippen LogP contribution is 2.31. The van der Waals surface area contributed by atoms with Gasteiger partial charge in [0.2, 0.25) is 0 Å². The van der Waals surface area contributed by atoms with Gasteiger partial charge in [0.15, 0.2) is 12.2 Å². The van der Waals surface area contributed by atoms with Gasteiger partial charge in [-0.15, -0.1) is 0 Å². The van der Waals surface area contributed by atoms with Gasteiger partial charge in [-0.1, -0.05) is 13.2 Å². The fourth-order valence-corrected chi connectivity index (χ4v) is 4.67. The molecule has 0 amide bonds. The number of fused-ring (bicyclic) bond motifs is 1. The molecule has 0 aliphatic carbocycles. The van der Waals surface area contributed by atoms with Crippen molar-refractivity contribution in [2.75, 3.05) is 39.6 Å². The second kappa shape index (κ2) is 17.7. The molecule has 0 N–H and O–H groups in total. The summed E-state index contributed by atoms with van der Waals surface area (Å²) >= 11 is 0. The van der Waals surface area contributed by atoms with E-state index in [1.807, 2.05) is 0 Å². The van der Waals surface area contributed by atoms with Gasteiger partial charge >= 0.3 is 23.9 Å². The van der Waals surface area contributed by atoms with Gasteiger partial charge in [0.05, 0.1) is 50.8 Å². The van der Waals surface area contributed by atoms with Crippen LogP contribution in [0.4, 0.5) is 0 Å². The topological polar surface area (TPSA) is 142 Å². The monoisotopic (exact) mass is 638 g/mol. The van der Waals surface area contributed by atoms with E-state index in [9.17, 15) is 19.2 Å². The van der Waals surface area contributed by atoms with Crippen LogP contribution in [-0.2, 0) is 38.0 Å². The molecule has 12 heteroatoms. The van der Waals surface area contributed by atoms with Gasteiger partial charge in [-0.05, 0) is 74.2 Å². The number of carbonyl (C=O) groups excluding carboxylic acids is 4. The van der Waals surface area contributed by atoms with Crippen molar-refractivity contribution in [3.63, 3.8) is 0 Å². The first-order valence-corrected chi connectivity index (χ1v) is 15.1. The zero-order valence-electron chi connectivity index (χ0n) is 25.5. The molecule has 0 aromatic heterocycles. The normalized spacial score (nSPS) is 19.7. The molecule has 1 unspecified atom stereocenters. The highest BCUT2D eigenvalue weighted by molar-refractivity contribution is 5.90. The van der Waals surface area contributed by atoms with Crippen LogP contribution in [0.3, 0.4) is 0 Å². The van der Waals surface area contributed by atoms with Crippen molar-refractivity contribution in [2.45, 2.75) is 50.1 Å². The molecule has 2 saturated heterocycles. The van der Waals surface area contributed by atoms with Crippen molar-refractivity contribution in [3.05, 3.63) is 85.0 Å². The van der Waals surface area contributed by atoms with Crippen LogP contribution >= 0.6 is 0 Å². The summed E-state index contributed by atoms with van der Waals surface area (Å²) in [6.07, 6.45) is 2.50. The average molecular weight is 639 g/mol. The van der Waals surface area contributed by atoms with Crippen molar-refractivity contribution in [1.82, 2.24) is 0 Å². The lowest BCUT2D eigenvalue weighted by atomic mass is 10.1. The third kappa shape index (κ3) is 10.2. The minimum Gasteiger partial charge on any atom is -0.494 e. The van der Waals surface area contributed by atoms with E-state index in [1.54, 1.807) is 48.5 Å². The Labute approximate surface area is 267 Å². The molecule has 2 aromatic carbocycles. The summed E-state index contributed by atoms with van der Waals surface area (Å²) in [7, 11) is 0. The summed E-state index contributed by atoms with van der Waals surface area (Å²) in [5.41, 5.74) is 0.684. The van der Waals surface area contributed by atoms with Gasteiger partial charge in [0.1, 0.15) is 23.7 Å². The summed E-state index contributed by atoms with van der Waals surface area (Å²) in [4.78, 5) is 47.6. The first-order chi connectivity index (χ1) is 22.4. The lowest BCUT2D eigenvalue weighted by Crippen LogP contribution is -2.36. The van der Waals surface area contributed by atoms with E-state index < -0.39 is 48.3 Å². The maximum atomic E-state index is 12.8. The lowest BCUT2D eigenvalue weighted by molar-refractivity contribution is -0.138. The van der Waals surface area contributed by atoms with Crippen LogP contribution in [0.25, 0.3) is 0 Å². The summed E-state index contributed by atoms with van der Waals surface area (Å²) in [6.45, 7) is 8.36. The zero-order chi connectivity index (χ0) is 32.7. The summed E-state index contributed by atoms with van der Waals surface area (Å²) in [5.74, 6) is -0.787. The Morgan fingerprint density at radius 2 is 0.978 bits per heavy atom. The quantitative estimate of drug-likeness (QED) is 0.101. The number of hydrogen-bond donors (Lipinski definition) is 0. The minimum absolute atomic E-state index is 0.112. The van der Waals surface area contributed by atoms with Gasteiger partial charge in [0, 0.05) is 12.2 Å². The van der Waals surface area contributed by atoms with Crippen LogP contribution in [0, 0.1) is 0 Å². The Kier molecular flexibility index (Phi) is 13.2. The number of carbonyl (C=O) groups is 4. The van der Waals surface area contributed by atoms with Crippen LogP contribution in [0.2, 0.25) is 0 Å². The maximum Gasteiger partial charge on any atom is 0.338 e. The number of hydrogen-bond acceptors (Lipinski definition) is 12. The van der Waals surface area contributed by atoms with Crippen LogP contribution in [0.5, 0.6) is 11.5 Å². The van der Waals surface area contributed by atoms with Crippen molar-refractivity contribution in [3.8, 4) is 11.5 Å². The zero-order valence-corrected chi connectivity index (χ0v) is 25.5. The fourth-order valence-electron chi connectivity index (χ4n) is 4.67. The number of unbranched alkanes of at least 4 members (excludes halogenated alkanes) is 2. The Bertz CT molecular complexity index is 1230. The lowest BCUT2D eigenvalue weighted by Gasteiger charge is -2.17. The third-order valence-electron chi connectivity index (χ3n) is 7.10. The van der Waals surface area contributed by atoms with Gasteiger partial charge in [0.25, 0.3) is 0 Å². The van der Waals surface area contributed by atoms with Gasteiger partial charge in [-0.3, -0.25) is 0 Å². The first kappa shape index (κ1) is 34.2. The van der Waals surface area contributed by atoms with E-state index >= 15 is 0 Å². The Morgan fingerprint density at radius 3 is 1.35 bits per heavy atom. The highest BCUT2D eigenvalue weighted by Gasteiger charge is 2.51. The van der Waals surface area contributed by atoms with Crippen LogP contribution in [0.1, 0.15) is 46.4 Å². The van der Waals surface area contributed by atoms with Crippen molar-refractivity contribution in [2.24, 2.45) is 0 Å². The van der Waals surface area contributed by atoms with E-state index in [1.165, 1.54) is 0 Å². The van der Waals surface area contributed by atoms with Crippen molar-refractivity contribution in [1.29, 1.82) is 0 Å². The molecule has 4 atom stereocenters. The largest absolute Gasteiger partial charge is 0.494 e. The standard InChI is InChI=1S/C34H38O12/c1-3-29(35)41-19-7-5-17-39-25-13-9-23(10-14-25)33(37)45-27-21-43-32-28(22-44-31(27)32)46-34(38)24-11-15-26(16-12-24)40-18-6-8-20-42-30(36)4-2/h3-4,9-16,27-28,31-32H,1-2,5-8,17-22H2/t27-,28?,31+,32+/m1/s1. The molecule has 0 radical (unpaired) electrons. The van der Waals surface area contributed by atoms with E-state index in [0.717, 1.165) is 12.2 Å². The maximum absolute atomic E-state index is 12.8. The Morgan fingerprint density at radius 1 is 0.609 bits per heavy atom. The molecular weight excluding hydrogens is 600 g/mol. The van der Waals surface area contributed by atoms with Crippen LogP contribution in [0.15, 0.2) is 73.8 Å². The second-order valence-corrected chi connectivity index (χ2v) is 10.4.